The number of hydrogen-bond acceptors (Lipinski definition) is 3. The lowest BCUT2D eigenvalue weighted by Gasteiger charge is -2.42. The van der Waals surface area contributed by atoms with E-state index < -0.39 is 5.97 Å². The summed E-state index contributed by atoms with van der Waals surface area (Å²) in [6.45, 7) is 2.77. The number of aliphatic carboxylic acids is 1. The first-order valence-electron chi connectivity index (χ1n) is 10.1. The zero-order valence-corrected chi connectivity index (χ0v) is 16.1. The molecular formula is C21H31N3O3. The largest absolute Gasteiger partial charge is 0.480 e. The fraction of sp³-hybridized carbons (Fsp3) is 0.619. The summed E-state index contributed by atoms with van der Waals surface area (Å²) >= 11 is 0. The Morgan fingerprint density at radius 3 is 2.26 bits per heavy atom. The minimum absolute atomic E-state index is 0.0741. The summed E-state index contributed by atoms with van der Waals surface area (Å²) in [5, 5.41) is 15.1. The standard InChI is InChI=1S/C21H31N3O3/c1-2-24(14-20(25)26)19-12-18(13-19)23-21(27)22-17-10-8-16(9-11-17)15-6-4-3-5-7-15/h3-7,16-19H,2,8-14H2,1H3,(H,25,26)(H2,22,23,27). The Balaban J connectivity index is 1.35. The molecule has 27 heavy (non-hydrogen) atoms. The van der Waals surface area contributed by atoms with Crippen molar-refractivity contribution in [2.45, 2.75) is 69.5 Å². The molecule has 1 aromatic rings. The van der Waals surface area contributed by atoms with E-state index in [1.165, 1.54) is 5.56 Å². The third-order valence-corrected chi connectivity index (χ3v) is 6.04. The minimum atomic E-state index is -0.794. The first-order valence-corrected chi connectivity index (χ1v) is 10.1. The number of carboxylic acids is 1. The molecule has 3 N–H and O–H groups in total. The van der Waals surface area contributed by atoms with Crippen LogP contribution in [-0.2, 0) is 4.79 Å². The van der Waals surface area contributed by atoms with Gasteiger partial charge in [-0.2, -0.15) is 0 Å². The van der Waals surface area contributed by atoms with Crippen molar-refractivity contribution in [1.82, 2.24) is 15.5 Å². The Kier molecular flexibility index (Phi) is 6.72. The van der Waals surface area contributed by atoms with Gasteiger partial charge >= 0.3 is 12.0 Å². The van der Waals surface area contributed by atoms with Gasteiger partial charge in [-0.3, -0.25) is 9.69 Å². The fourth-order valence-corrected chi connectivity index (χ4v) is 4.39. The number of carboxylic acid groups (broad SMARTS) is 1. The topological polar surface area (TPSA) is 81.7 Å². The molecule has 0 aromatic heterocycles. The predicted octanol–water partition coefficient (Wildman–Crippen LogP) is 2.95. The van der Waals surface area contributed by atoms with Crippen LogP contribution in [-0.4, -0.2) is 53.2 Å². The third kappa shape index (κ3) is 5.45. The molecule has 6 heteroatoms. The highest BCUT2D eigenvalue weighted by Crippen LogP contribution is 2.32. The maximum atomic E-state index is 12.3. The van der Waals surface area contributed by atoms with E-state index in [1.54, 1.807) is 0 Å². The van der Waals surface area contributed by atoms with Gasteiger partial charge in [-0.15, -0.1) is 0 Å². The van der Waals surface area contributed by atoms with Gasteiger partial charge in [-0.25, -0.2) is 4.79 Å². The molecule has 2 fully saturated rings. The van der Waals surface area contributed by atoms with Crippen LogP contribution in [0.4, 0.5) is 4.79 Å². The van der Waals surface area contributed by atoms with Gasteiger partial charge in [0.15, 0.2) is 0 Å². The van der Waals surface area contributed by atoms with Gasteiger partial charge in [0.1, 0.15) is 0 Å². The van der Waals surface area contributed by atoms with E-state index in [2.05, 4.69) is 34.9 Å². The van der Waals surface area contributed by atoms with Crippen LogP contribution >= 0.6 is 0 Å². The van der Waals surface area contributed by atoms with Crippen molar-refractivity contribution in [1.29, 1.82) is 0 Å². The van der Waals surface area contributed by atoms with E-state index in [1.807, 2.05) is 17.9 Å². The highest BCUT2D eigenvalue weighted by atomic mass is 16.4. The molecule has 1 aromatic carbocycles. The van der Waals surface area contributed by atoms with Crippen molar-refractivity contribution in [3.63, 3.8) is 0 Å². The number of urea groups is 1. The van der Waals surface area contributed by atoms with Crippen LogP contribution in [0, 0.1) is 0 Å². The maximum absolute atomic E-state index is 12.3. The van der Waals surface area contributed by atoms with Crippen LogP contribution in [0.2, 0.25) is 0 Å². The summed E-state index contributed by atoms with van der Waals surface area (Å²) in [6.07, 6.45) is 5.91. The molecule has 0 saturated heterocycles. The van der Waals surface area contributed by atoms with Crippen LogP contribution in [0.15, 0.2) is 30.3 Å². The summed E-state index contributed by atoms with van der Waals surface area (Å²) in [5.41, 5.74) is 1.41. The second-order valence-corrected chi connectivity index (χ2v) is 7.86. The molecule has 0 radical (unpaired) electrons. The minimum Gasteiger partial charge on any atom is -0.480 e. The van der Waals surface area contributed by atoms with Crippen LogP contribution < -0.4 is 10.6 Å². The molecule has 6 nitrogen and oxygen atoms in total. The number of carbonyl (C=O) groups excluding carboxylic acids is 1. The van der Waals surface area contributed by atoms with E-state index >= 15 is 0 Å². The summed E-state index contributed by atoms with van der Waals surface area (Å²) in [4.78, 5) is 25.1. The summed E-state index contributed by atoms with van der Waals surface area (Å²) in [7, 11) is 0. The van der Waals surface area contributed by atoms with Crippen molar-refractivity contribution < 1.29 is 14.7 Å². The Labute approximate surface area is 161 Å². The highest BCUT2D eigenvalue weighted by molar-refractivity contribution is 5.74. The third-order valence-electron chi connectivity index (χ3n) is 6.04. The Hall–Kier alpha value is -2.08. The van der Waals surface area contributed by atoms with Gasteiger partial charge in [0, 0.05) is 18.1 Å². The van der Waals surface area contributed by atoms with Crippen LogP contribution in [0.3, 0.4) is 0 Å². The van der Waals surface area contributed by atoms with Crippen molar-refractivity contribution >= 4 is 12.0 Å². The molecule has 0 spiro atoms. The SMILES string of the molecule is CCN(CC(=O)O)C1CC(NC(=O)NC2CCC(c3ccccc3)CC2)C1. The van der Waals surface area contributed by atoms with Gasteiger partial charge in [0.25, 0.3) is 0 Å². The van der Waals surface area contributed by atoms with Crippen molar-refractivity contribution in [2.24, 2.45) is 0 Å². The number of nitrogens with one attached hydrogen (secondary N) is 2. The second-order valence-electron chi connectivity index (χ2n) is 7.86. The van der Waals surface area contributed by atoms with Crippen LogP contribution in [0.25, 0.3) is 0 Å². The number of amides is 2. The second kappa shape index (κ2) is 9.22. The molecule has 0 aliphatic heterocycles. The van der Waals surface area contributed by atoms with E-state index in [4.69, 9.17) is 5.11 Å². The molecular weight excluding hydrogens is 342 g/mol. The molecule has 3 rings (SSSR count). The van der Waals surface area contributed by atoms with Gasteiger partial charge in [0.05, 0.1) is 6.54 Å². The predicted molar refractivity (Wildman–Crippen MR) is 105 cm³/mol. The van der Waals surface area contributed by atoms with Crippen LogP contribution in [0.5, 0.6) is 0 Å². The van der Waals surface area contributed by atoms with Crippen molar-refractivity contribution in [2.75, 3.05) is 13.1 Å². The smallest absolute Gasteiger partial charge is 0.317 e. The number of hydrogen-bond donors (Lipinski definition) is 3. The molecule has 148 valence electrons. The zero-order valence-electron chi connectivity index (χ0n) is 16.1. The first kappa shape index (κ1) is 19.7. The van der Waals surface area contributed by atoms with E-state index in [0.29, 0.717) is 5.92 Å². The Morgan fingerprint density at radius 2 is 1.67 bits per heavy atom. The lowest BCUT2D eigenvalue weighted by Crippen LogP contribution is -2.57. The molecule has 2 saturated carbocycles. The van der Waals surface area contributed by atoms with E-state index in [-0.39, 0.29) is 30.7 Å². The lowest BCUT2D eigenvalue weighted by atomic mass is 9.82. The molecule has 2 amide bonds. The Morgan fingerprint density at radius 1 is 1.04 bits per heavy atom. The lowest BCUT2D eigenvalue weighted by molar-refractivity contribution is -0.139. The fourth-order valence-electron chi connectivity index (χ4n) is 4.39. The number of benzene rings is 1. The van der Waals surface area contributed by atoms with Crippen LogP contribution in [0.1, 0.15) is 56.9 Å². The highest BCUT2D eigenvalue weighted by Gasteiger charge is 2.35. The summed E-state index contributed by atoms with van der Waals surface area (Å²) in [5.74, 6) is -0.189. The van der Waals surface area contributed by atoms with Gasteiger partial charge < -0.3 is 15.7 Å². The first-order chi connectivity index (χ1) is 13.0. The quantitative estimate of drug-likeness (QED) is 0.686. The summed E-state index contributed by atoms with van der Waals surface area (Å²) in [6, 6.07) is 11.2. The molecule has 2 aliphatic carbocycles. The van der Waals surface area contributed by atoms with Crippen molar-refractivity contribution in [3.05, 3.63) is 35.9 Å². The monoisotopic (exact) mass is 373 g/mol. The number of carbonyl (C=O) groups is 2. The average Bonchev–Trinajstić information content (AvgIpc) is 2.64. The molecule has 0 atom stereocenters. The van der Waals surface area contributed by atoms with Gasteiger partial charge in [0.2, 0.25) is 0 Å². The van der Waals surface area contributed by atoms with E-state index in [9.17, 15) is 9.59 Å². The van der Waals surface area contributed by atoms with Gasteiger partial charge in [-0.1, -0.05) is 37.3 Å². The molecule has 0 heterocycles. The Bertz CT molecular complexity index is 623. The van der Waals surface area contributed by atoms with E-state index in [0.717, 1.165) is 45.1 Å². The van der Waals surface area contributed by atoms with Crippen molar-refractivity contribution in [3.8, 4) is 0 Å². The molecule has 0 unspecified atom stereocenters. The number of nitrogens with zero attached hydrogens (tertiary/aromatic N) is 1. The number of likely N-dealkylation sites (N-methyl/N-ethyl adjacent to an activating group) is 1. The molecule has 2 aliphatic rings. The summed E-state index contributed by atoms with van der Waals surface area (Å²) < 4.78 is 0. The normalized spacial score (nSPS) is 27.6. The zero-order chi connectivity index (χ0) is 19.2. The molecule has 0 bridgehead atoms. The number of rotatable bonds is 7. The van der Waals surface area contributed by atoms with Gasteiger partial charge in [-0.05, 0) is 56.6 Å². The maximum Gasteiger partial charge on any atom is 0.317 e. The average molecular weight is 373 g/mol.